The van der Waals surface area contributed by atoms with Crippen LogP contribution in [0.2, 0.25) is 0 Å². The standard InChI is InChI=1S/C9H18N2O3.ClH/c1-13-4-2-11-9(12)6-8-7-14-5-3-10-8;/h8,10H,2-7H2,1H3,(H,11,12);1H. The van der Waals surface area contributed by atoms with Gasteiger partial charge in [0.25, 0.3) is 0 Å². The third-order valence-electron chi connectivity index (χ3n) is 2.06. The quantitative estimate of drug-likeness (QED) is 0.637. The van der Waals surface area contributed by atoms with Crippen molar-refractivity contribution in [1.82, 2.24) is 10.6 Å². The summed E-state index contributed by atoms with van der Waals surface area (Å²) < 4.78 is 10.1. The molecule has 0 aromatic carbocycles. The highest BCUT2D eigenvalue weighted by atomic mass is 35.5. The van der Waals surface area contributed by atoms with Crippen LogP contribution in [0.5, 0.6) is 0 Å². The smallest absolute Gasteiger partial charge is 0.221 e. The second-order valence-electron chi connectivity index (χ2n) is 3.27. The van der Waals surface area contributed by atoms with Gasteiger partial charge in [0, 0.05) is 32.7 Å². The predicted octanol–water partition coefficient (Wildman–Crippen LogP) is -0.451. The lowest BCUT2D eigenvalue weighted by atomic mass is 10.2. The van der Waals surface area contributed by atoms with E-state index in [0.29, 0.717) is 26.2 Å². The number of amides is 1. The van der Waals surface area contributed by atoms with Crippen LogP contribution in [0.3, 0.4) is 0 Å². The monoisotopic (exact) mass is 238 g/mol. The van der Waals surface area contributed by atoms with E-state index in [1.807, 2.05) is 0 Å². The molecule has 1 amide bonds. The van der Waals surface area contributed by atoms with E-state index in [-0.39, 0.29) is 24.4 Å². The van der Waals surface area contributed by atoms with Crippen LogP contribution >= 0.6 is 12.4 Å². The topological polar surface area (TPSA) is 59.6 Å². The van der Waals surface area contributed by atoms with Crippen molar-refractivity contribution in [2.75, 3.05) is 40.0 Å². The molecule has 1 atom stereocenters. The molecule has 0 aromatic heterocycles. The van der Waals surface area contributed by atoms with E-state index >= 15 is 0 Å². The van der Waals surface area contributed by atoms with Crippen molar-refractivity contribution in [1.29, 1.82) is 0 Å². The van der Waals surface area contributed by atoms with Crippen molar-refractivity contribution in [3.63, 3.8) is 0 Å². The molecule has 0 spiro atoms. The van der Waals surface area contributed by atoms with Crippen LogP contribution in [0.4, 0.5) is 0 Å². The number of hydrogen-bond donors (Lipinski definition) is 2. The SMILES string of the molecule is COCCNC(=O)CC1COCCN1.Cl. The first-order chi connectivity index (χ1) is 6.83. The van der Waals surface area contributed by atoms with Crippen molar-refractivity contribution < 1.29 is 14.3 Å². The zero-order valence-electron chi connectivity index (χ0n) is 8.95. The van der Waals surface area contributed by atoms with E-state index in [2.05, 4.69) is 10.6 Å². The second-order valence-corrected chi connectivity index (χ2v) is 3.27. The van der Waals surface area contributed by atoms with Gasteiger partial charge in [0.05, 0.1) is 19.8 Å². The third-order valence-corrected chi connectivity index (χ3v) is 2.06. The number of carbonyl (C=O) groups is 1. The minimum Gasteiger partial charge on any atom is -0.383 e. The molecule has 1 fully saturated rings. The van der Waals surface area contributed by atoms with Gasteiger partial charge in [-0.25, -0.2) is 0 Å². The molecule has 0 bridgehead atoms. The maximum atomic E-state index is 11.3. The molecule has 1 rings (SSSR count). The van der Waals surface area contributed by atoms with Crippen LogP contribution < -0.4 is 10.6 Å². The third kappa shape index (κ3) is 6.67. The molecule has 2 N–H and O–H groups in total. The first-order valence-corrected chi connectivity index (χ1v) is 4.89. The number of morpholine rings is 1. The molecule has 1 heterocycles. The number of carbonyl (C=O) groups excluding carboxylic acids is 1. The van der Waals surface area contributed by atoms with Crippen LogP contribution in [0.25, 0.3) is 0 Å². The summed E-state index contributed by atoms with van der Waals surface area (Å²) in [5, 5.41) is 5.99. The maximum absolute atomic E-state index is 11.3. The predicted molar refractivity (Wildman–Crippen MR) is 59.4 cm³/mol. The van der Waals surface area contributed by atoms with Crippen molar-refractivity contribution in [2.24, 2.45) is 0 Å². The van der Waals surface area contributed by atoms with Gasteiger partial charge in [0.15, 0.2) is 0 Å². The van der Waals surface area contributed by atoms with Crippen LogP contribution in [-0.2, 0) is 14.3 Å². The summed E-state index contributed by atoms with van der Waals surface area (Å²) in [6, 6.07) is 0.159. The molecule has 0 aromatic rings. The Morgan fingerprint density at radius 1 is 1.67 bits per heavy atom. The normalized spacial score (nSPS) is 20.5. The molecule has 0 radical (unpaired) electrons. The number of methoxy groups -OCH3 is 1. The Morgan fingerprint density at radius 3 is 3.07 bits per heavy atom. The Morgan fingerprint density at radius 2 is 2.47 bits per heavy atom. The molecule has 90 valence electrons. The minimum atomic E-state index is 0. The fourth-order valence-electron chi connectivity index (χ4n) is 1.34. The van der Waals surface area contributed by atoms with E-state index in [9.17, 15) is 4.79 Å². The Labute approximate surface area is 96.3 Å². The number of halogens is 1. The summed E-state index contributed by atoms with van der Waals surface area (Å²) in [6.07, 6.45) is 0.476. The molecule has 5 nitrogen and oxygen atoms in total. The van der Waals surface area contributed by atoms with E-state index in [0.717, 1.165) is 13.2 Å². The summed E-state index contributed by atoms with van der Waals surface area (Å²) >= 11 is 0. The van der Waals surface area contributed by atoms with Gasteiger partial charge < -0.3 is 20.1 Å². The number of nitrogens with one attached hydrogen (secondary N) is 2. The zero-order valence-corrected chi connectivity index (χ0v) is 9.77. The maximum Gasteiger partial charge on any atom is 0.221 e. The summed E-state index contributed by atoms with van der Waals surface area (Å²) in [5.41, 5.74) is 0. The molecule has 6 heteroatoms. The molecule has 0 aliphatic carbocycles. The van der Waals surface area contributed by atoms with Crippen molar-refractivity contribution in [3.8, 4) is 0 Å². The van der Waals surface area contributed by atoms with E-state index < -0.39 is 0 Å². The molecule has 1 unspecified atom stereocenters. The van der Waals surface area contributed by atoms with E-state index in [1.165, 1.54) is 0 Å². The first-order valence-electron chi connectivity index (χ1n) is 4.89. The summed E-state index contributed by atoms with van der Waals surface area (Å²) in [6.45, 7) is 3.32. The van der Waals surface area contributed by atoms with Crippen LogP contribution in [0.15, 0.2) is 0 Å². The molecule has 0 saturated carbocycles. The fraction of sp³-hybridized carbons (Fsp3) is 0.889. The molecule has 1 saturated heterocycles. The highest BCUT2D eigenvalue weighted by Gasteiger charge is 2.16. The van der Waals surface area contributed by atoms with Gasteiger partial charge in [-0.2, -0.15) is 0 Å². The van der Waals surface area contributed by atoms with Gasteiger partial charge in [-0.1, -0.05) is 0 Å². The van der Waals surface area contributed by atoms with Crippen LogP contribution in [-0.4, -0.2) is 52.0 Å². The Kier molecular flexibility index (Phi) is 8.70. The molecular formula is C9H19ClN2O3. The van der Waals surface area contributed by atoms with Gasteiger partial charge in [-0.3, -0.25) is 4.79 Å². The second kappa shape index (κ2) is 8.91. The van der Waals surface area contributed by atoms with Gasteiger partial charge in [0.1, 0.15) is 0 Å². The highest BCUT2D eigenvalue weighted by Crippen LogP contribution is 1.97. The summed E-state index contributed by atoms with van der Waals surface area (Å²) in [7, 11) is 1.61. The van der Waals surface area contributed by atoms with Crippen molar-refractivity contribution in [2.45, 2.75) is 12.5 Å². The largest absolute Gasteiger partial charge is 0.383 e. The Hall–Kier alpha value is -0.360. The van der Waals surface area contributed by atoms with Crippen LogP contribution in [0, 0.1) is 0 Å². The van der Waals surface area contributed by atoms with Gasteiger partial charge in [-0.15, -0.1) is 12.4 Å². The summed E-state index contributed by atoms with van der Waals surface area (Å²) in [4.78, 5) is 11.3. The first kappa shape index (κ1) is 14.6. The van der Waals surface area contributed by atoms with Crippen molar-refractivity contribution in [3.05, 3.63) is 0 Å². The minimum absolute atomic E-state index is 0. The number of ether oxygens (including phenoxy) is 2. The zero-order chi connectivity index (χ0) is 10.2. The molecule has 1 aliphatic heterocycles. The average molecular weight is 239 g/mol. The molecular weight excluding hydrogens is 220 g/mol. The van der Waals surface area contributed by atoms with Crippen LogP contribution in [0.1, 0.15) is 6.42 Å². The van der Waals surface area contributed by atoms with Gasteiger partial charge >= 0.3 is 0 Å². The average Bonchev–Trinajstić information content (AvgIpc) is 2.20. The Balaban J connectivity index is 0.00000196. The van der Waals surface area contributed by atoms with E-state index in [1.54, 1.807) is 7.11 Å². The van der Waals surface area contributed by atoms with E-state index in [4.69, 9.17) is 9.47 Å². The lowest BCUT2D eigenvalue weighted by Gasteiger charge is -2.23. The highest BCUT2D eigenvalue weighted by molar-refractivity contribution is 5.85. The van der Waals surface area contributed by atoms with Gasteiger partial charge in [0.2, 0.25) is 5.91 Å². The number of rotatable bonds is 5. The fourth-order valence-corrected chi connectivity index (χ4v) is 1.34. The molecule has 15 heavy (non-hydrogen) atoms. The Bertz CT molecular complexity index is 175. The van der Waals surface area contributed by atoms with Crippen molar-refractivity contribution >= 4 is 18.3 Å². The number of hydrogen-bond acceptors (Lipinski definition) is 4. The lowest BCUT2D eigenvalue weighted by molar-refractivity contribution is -0.122. The molecule has 1 aliphatic rings. The summed E-state index contributed by atoms with van der Waals surface area (Å²) in [5.74, 6) is 0.0463. The lowest BCUT2D eigenvalue weighted by Crippen LogP contribution is -2.44. The van der Waals surface area contributed by atoms with Gasteiger partial charge in [-0.05, 0) is 0 Å².